The van der Waals surface area contributed by atoms with Crippen LogP contribution in [0.25, 0.3) is 0 Å². The van der Waals surface area contributed by atoms with E-state index in [1.165, 1.54) is 19.1 Å². The summed E-state index contributed by atoms with van der Waals surface area (Å²) in [5.74, 6) is -1.16. The summed E-state index contributed by atoms with van der Waals surface area (Å²) in [4.78, 5) is 39.6. The highest BCUT2D eigenvalue weighted by atomic mass is 32.2. The van der Waals surface area contributed by atoms with Gasteiger partial charge in [0.2, 0.25) is 15.9 Å². The second-order valence-corrected chi connectivity index (χ2v) is 9.11. The number of amides is 1. The Bertz CT molecular complexity index is 1140. The molecule has 1 aromatic carbocycles. The fourth-order valence-electron chi connectivity index (χ4n) is 3.53. The molecular formula is C19H23FN4O5S. The molecule has 1 aliphatic rings. The lowest BCUT2D eigenvalue weighted by molar-refractivity contribution is -0.126. The van der Waals surface area contributed by atoms with Crippen molar-refractivity contribution in [1.82, 2.24) is 19.6 Å². The number of carbonyl (C=O) groups excluding carboxylic acids is 1. The molecule has 3 N–H and O–H groups in total. The molecule has 1 saturated heterocycles. The molecule has 0 saturated carbocycles. The van der Waals surface area contributed by atoms with Crippen LogP contribution >= 0.6 is 0 Å². The third-order valence-corrected chi connectivity index (χ3v) is 7.07. The fraction of sp³-hybridized carbons (Fsp3) is 0.421. The average molecular weight is 438 g/mol. The van der Waals surface area contributed by atoms with Gasteiger partial charge in [0.25, 0.3) is 5.56 Å². The van der Waals surface area contributed by atoms with Gasteiger partial charge in [-0.3, -0.25) is 14.6 Å². The van der Waals surface area contributed by atoms with Gasteiger partial charge in [0.15, 0.2) is 4.90 Å². The minimum Gasteiger partial charge on any atom is -0.355 e. The van der Waals surface area contributed by atoms with E-state index in [9.17, 15) is 27.2 Å². The molecule has 9 nitrogen and oxygen atoms in total. The zero-order valence-electron chi connectivity index (χ0n) is 16.4. The predicted molar refractivity (Wildman–Crippen MR) is 107 cm³/mol. The van der Waals surface area contributed by atoms with Crippen molar-refractivity contribution in [3.05, 3.63) is 62.2 Å². The van der Waals surface area contributed by atoms with Crippen molar-refractivity contribution in [2.45, 2.75) is 31.1 Å². The Labute approximate surface area is 172 Å². The van der Waals surface area contributed by atoms with Crippen molar-refractivity contribution >= 4 is 15.9 Å². The molecule has 1 aliphatic heterocycles. The first-order chi connectivity index (χ1) is 14.2. The number of piperidine rings is 1. The van der Waals surface area contributed by atoms with E-state index >= 15 is 0 Å². The van der Waals surface area contributed by atoms with Gasteiger partial charge in [0.05, 0.1) is 5.92 Å². The van der Waals surface area contributed by atoms with Gasteiger partial charge in [-0.25, -0.2) is 17.6 Å². The van der Waals surface area contributed by atoms with Crippen LogP contribution < -0.4 is 16.6 Å². The summed E-state index contributed by atoms with van der Waals surface area (Å²) in [5.41, 5.74) is -0.942. The van der Waals surface area contributed by atoms with Crippen molar-refractivity contribution in [2.24, 2.45) is 5.92 Å². The van der Waals surface area contributed by atoms with E-state index in [4.69, 9.17) is 0 Å². The zero-order chi connectivity index (χ0) is 21.9. The van der Waals surface area contributed by atoms with Gasteiger partial charge in [-0.1, -0.05) is 12.1 Å². The second-order valence-electron chi connectivity index (χ2n) is 7.23. The molecule has 11 heteroatoms. The Hall–Kier alpha value is -2.79. The third kappa shape index (κ3) is 4.85. The molecule has 2 aromatic rings. The van der Waals surface area contributed by atoms with Crippen LogP contribution in [0.3, 0.4) is 0 Å². The number of rotatable bonds is 6. The number of hydrogen-bond acceptors (Lipinski definition) is 5. The summed E-state index contributed by atoms with van der Waals surface area (Å²) in [5, 5.41) is 2.79. The number of benzene rings is 1. The molecule has 0 bridgehead atoms. The summed E-state index contributed by atoms with van der Waals surface area (Å²) in [6.07, 6.45) is 1.51. The van der Waals surface area contributed by atoms with Crippen molar-refractivity contribution in [3.63, 3.8) is 0 Å². The Balaban J connectivity index is 1.65. The summed E-state index contributed by atoms with van der Waals surface area (Å²) in [6.45, 7) is 1.81. The van der Waals surface area contributed by atoms with E-state index in [1.54, 1.807) is 12.1 Å². The van der Waals surface area contributed by atoms with Crippen molar-refractivity contribution in [2.75, 3.05) is 19.6 Å². The SMILES string of the molecule is Cc1[nH]c(=O)[nH]c(=O)c1S(=O)(=O)N1CCC[C@H](C(=O)NCCc2ccc(F)cc2)C1. The van der Waals surface area contributed by atoms with E-state index in [0.717, 1.165) is 9.87 Å². The van der Waals surface area contributed by atoms with Crippen molar-refractivity contribution in [1.29, 1.82) is 0 Å². The van der Waals surface area contributed by atoms with Gasteiger partial charge in [0.1, 0.15) is 5.82 Å². The Kier molecular flexibility index (Phi) is 6.52. The van der Waals surface area contributed by atoms with Gasteiger partial charge in [-0.2, -0.15) is 4.31 Å². The van der Waals surface area contributed by atoms with Crippen molar-refractivity contribution < 1.29 is 17.6 Å². The number of aromatic nitrogens is 2. The lowest BCUT2D eigenvalue weighted by atomic mass is 9.99. The van der Waals surface area contributed by atoms with E-state index in [2.05, 4.69) is 10.3 Å². The Morgan fingerprint density at radius 1 is 1.23 bits per heavy atom. The van der Waals surface area contributed by atoms with E-state index in [1.807, 2.05) is 4.98 Å². The van der Waals surface area contributed by atoms with Crippen LogP contribution in [0.2, 0.25) is 0 Å². The second kappa shape index (κ2) is 8.92. The molecule has 1 atom stereocenters. The van der Waals surface area contributed by atoms with E-state index < -0.39 is 32.1 Å². The maximum absolute atomic E-state index is 13.0. The summed E-state index contributed by atoms with van der Waals surface area (Å²) >= 11 is 0. The van der Waals surface area contributed by atoms with E-state index in [-0.39, 0.29) is 30.5 Å². The molecule has 2 heterocycles. The lowest BCUT2D eigenvalue weighted by Gasteiger charge is -2.31. The molecule has 0 unspecified atom stereocenters. The van der Waals surface area contributed by atoms with Gasteiger partial charge in [-0.05, 0) is 43.9 Å². The average Bonchev–Trinajstić information content (AvgIpc) is 2.68. The van der Waals surface area contributed by atoms with Crippen LogP contribution in [-0.4, -0.2) is 48.2 Å². The first-order valence-electron chi connectivity index (χ1n) is 9.54. The zero-order valence-corrected chi connectivity index (χ0v) is 17.2. The summed E-state index contributed by atoms with van der Waals surface area (Å²) < 4.78 is 40.0. The van der Waals surface area contributed by atoms with Gasteiger partial charge >= 0.3 is 5.69 Å². The monoisotopic (exact) mass is 438 g/mol. The van der Waals surface area contributed by atoms with Crippen molar-refractivity contribution in [3.8, 4) is 0 Å². The first-order valence-corrected chi connectivity index (χ1v) is 11.0. The molecule has 1 aromatic heterocycles. The van der Waals surface area contributed by atoms with Gasteiger partial charge in [-0.15, -0.1) is 0 Å². The number of H-pyrrole nitrogens is 2. The number of halogens is 1. The largest absolute Gasteiger partial charge is 0.355 e. The van der Waals surface area contributed by atoms with E-state index in [0.29, 0.717) is 25.8 Å². The standard InChI is InChI=1S/C19H23FN4O5S/c1-12-16(18(26)23-19(27)22-12)30(28,29)24-10-2-3-14(11-24)17(25)21-9-8-13-4-6-15(20)7-5-13/h4-7,14H,2-3,8-11H2,1H3,(H,21,25)(H2,22,23,26,27)/t14-/m0/s1. The molecular weight excluding hydrogens is 415 g/mol. The smallest absolute Gasteiger partial charge is 0.325 e. The Morgan fingerprint density at radius 3 is 2.60 bits per heavy atom. The first kappa shape index (κ1) is 21.9. The number of nitrogens with one attached hydrogen (secondary N) is 3. The predicted octanol–water partition coefficient (Wildman–Crippen LogP) is 0.270. The topological polar surface area (TPSA) is 132 Å². The number of aromatic amines is 2. The molecule has 0 spiro atoms. The van der Waals surface area contributed by atoms with Crippen LogP contribution in [0.5, 0.6) is 0 Å². The normalized spacial score (nSPS) is 17.6. The molecule has 30 heavy (non-hydrogen) atoms. The molecule has 3 rings (SSSR count). The maximum atomic E-state index is 13.0. The molecule has 0 aliphatic carbocycles. The quantitative estimate of drug-likeness (QED) is 0.596. The van der Waals surface area contributed by atoms with Gasteiger partial charge < -0.3 is 10.3 Å². The Morgan fingerprint density at radius 2 is 1.93 bits per heavy atom. The minimum atomic E-state index is -4.17. The fourth-order valence-corrected chi connectivity index (χ4v) is 5.26. The van der Waals surface area contributed by atoms with Crippen LogP contribution in [0.1, 0.15) is 24.1 Å². The molecule has 1 amide bonds. The van der Waals surface area contributed by atoms with Crippen LogP contribution in [0.4, 0.5) is 4.39 Å². The maximum Gasteiger partial charge on any atom is 0.325 e. The third-order valence-electron chi connectivity index (χ3n) is 5.05. The van der Waals surface area contributed by atoms with Crippen LogP contribution in [0, 0.1) is 18.7 Å². The van der Waals surface area contributed by atoms with Crippen LogP contribution in [0.15, 0.2) is 38.8 Å². The highest BCUT2D eigenvalue weighted by Crippen LogP contribution is 2.23. The molecule has 1 fully saturated rings. The van der Waals surface area contributed by atoms with Gasteiger partial charge in [0, 0.05) is 25.3 Å². The number of aryl methyl sites for hydroxylation is 1. The summed E-state index contributed by atoms with van der Waals surface area (Å²) in [7, 11) is -4.17. The number of sulfonamides is 1. The number of carbonyl (C=O) groups is 1. The highest BCUT2D eigenvalue weighted by molar-refractivity contribution is 7.89. The molecule has 162 valence electrons. The summed E-state index contributed by atoms with van der Waals surface area (Å²) in [6, 6.07) is 5.98. The highest BCUT2D eigenvalue weighted by Gasteiger charge is 2.35. The minimum absolute atomic E-state index is 0.0466. The lowest BCUT2D eigenvalue weighted by Crippen LogP contribution is -2.47. The number of nitrogens with zero attached hydrogens (tertiary/aromatic N) is 1. The number of hydrogen-bond donors (Lipinski definition) is 3. The molecule has 0 radical (unpaired) electrons. The van der Waals surface area contributed by atoms with Crippen LogP contribution in [-0.2, 0) is 21.2 Å².